The number of hydrogen-bond acceptors (Lipinski definition) is 2. The SMILES string of the molecule is Cc1ccc(Br)cc1Oc1cccc(Cl)c1C(=O)O. The van der Waals surface area contributed by atoms with Gasteiger partial charge in [0.05, 0.1) is 5.02 Å². The molecular weight excluding hydrogens is 332 g/mol. The van der Waals surface area contributed by atoms with Crippen LogP contribution in [0.15, 0.2) is 40.9 Å². The summed E-state index contributed by atoms with van der Waals surface area (Å²) in [5, 5.41) is 9.33. The summed E-state index contributed by atoms with van der Waals surface area (Å²) in [7, 11) is 0. The molecule has 0 saturated carbocycles. The summed E-state index contributed by atoms with van der Waals surface area (Å²) in [5.74, 6) is -0.311. The van der Waals surface area contributed by atoms with Crippen LogP contribution in [0.2, 0.25) is 5.02 Å². The molecule has 5 heteroatoms. The number of carboxylic acid groups (broad SMARTS) is 1. The average molecular weight is 342 g/mol. The second-order valence-electron chi connectivity index (χ2n) is 3.93. The molecule has 0 radical (unpaired) electrons. The summed E-state index contributed by atoms with van der Waals surface area (Å²) < 4.78 is 6.52. The molecule has 0 saturated heterocycles. The fraction of sp³-hybridized carbons (Fsp3) is 0.0714. The Hall–Kier alpha value is -1.52. The molecule has 2 rings (SSSR count). The van der Waals surface area contributed by atoms with E-state index in [-0.39, 0.29) is 16.3 Å². The Morgan fingerprint density at radius 1 is 1.26 bits per heavy atom. The van der Waals surface area contributed by atoms with Crippen molar-refractivity contribution < 1.29 is 14.6 Å². The monoisotopic (exact) mass is 340 g/mol. The second-order valence-corrected chi connectivity index (χ2v) is 5.25. The van der Waals surface area contributed by atoms with Gasteiger partial charge in [-0.05, 0) is 36.8 Å². The van der Waals surface area contributed by atoms with Crippen molar-refractivity contribution in [2.24, 2.45) is 0 Å². The van der Waals surface area contributed by atoms with E-state index in [1.54, 1.807) is 18.2 Å². The minimum atomic E-state index is -1.12. The first-order chi connectivity index (χ1) is 8.99. The van der Waals surface area contributed by atoms with Gasteiger partial charge < -0.3 is 9.84 Å². The number of hydrogen-bond donors (Lipinski definition) is 1. The number of aryl methyl sites for hydroxylation is 1. The third-order valence-electron chi connectivity index (χ3n) is 2.56. The number of ether oxygens (including phenoxy) is 1. The van der Waals surface area contributed by atoms with E-state index in [9.17, 15) is 9.90 Å². The van der Waals surface area contributed by atoms with Crippen molar-refractivity contribution in [3.63, 3.8) is 0 Å². The van der Waals surface area contributed by atoms with Crippen molar-refractivity contribution in [2.45, 2.75) is 6.92 Å². The molecule has 2 aromatic carbocycles. The van der Waals surface area contributed by atoms with Gasteiger partial charge in [-0.2, -0.15) is 0 Å². The third kappa shape index (κ3) is 3.08. The molecular formula is C14H10BrClO3. The molecule has 3 nitrogen and oxygen atoms in total. The maximum Gasteiger partial charge on any atom is 0.341 e. The first kappa shape index (κ1) is 13.9. The maximum absolute atomic E-state index is 11.2. The third-order valence-corrected chi connectivity index (χ3v) is 3.37. The summed E-state index contributed by atoms with van der Waals surface area (Å²) in [4.78, 5) is 11.2. The Labute approximate surface area is 123 Å². The van der Waals surface area contributed by atoms with Crippen molar-refractivity contribution in [3.8, 4) is 11.5 Å². The van der Waals surface area contributed by atoms with E-state index in [1.807, 2.05) is 19.1 Å². The van der Waals surface area contributed by atoms with E-state index < -0.39 is 5.97 Å². The highest BCUT2D eigenvalue weighted by Gasteiger charge is 2.16. The van der Waals surface area contributed by atoms with Crippen LogP contribution in [-0.4, -0.2) is 11.1 Å². The summed E-state index contributed by atoms with van der Waals surface area (Å²) in [6.07, 6.45) is 0. The van der Waals surface area contributed by atoms with Crippen LogP contribution in [-0.2, 0) is 0 Å². The Bertz CT molecular complexity index is 641. The predicted molar refractivity (Wildman–Crippen MR) is 77.4 cm³/mol. The smallest absolute Gasteiger partial charge is 0.341 e. The molecule has 0 spiro atoms. The Morgan fingerprint density at radius 3 is 2.68 bits per heavy atom. The molecule has 0 aromatic heterocycles. The van der Waals surface area contributed by atoms with Gasteiger partial charge >= 0.3 is 5.97 Å². The first-order valence-corrected chi connectivity index (χ1v) is 6.62. The first-order valence-electron chi connectivity index (χ1n) is 5.45. The highest BCUT2D eigenvalue weighted by molar-refractivity contribution is 9.10. The van der Waals surface area contributed by atoms with Gasteiger partial charge in [0.15, 0.2) is 0 Å². The summed E-state index contributed by atoms with van der Waals surface area (Å²) in [6.45, 7) is 1.88. The van der Waals surface area contributed by atoms with Crippen LogP contribution in [0.25, 0.3) is 0 Å². The van der Waals surface area contributed by atoms with E-state index in [2.05, 4.69) is 15.9 Å². The highest BCUT2D eigenvalue weighted by atomic mass is 79.9. The predicted octanol–water partition coefficient (Wildman–Crippen LogP) is 4.90. The van der Waals surface area contributed by atoms with E-state index >= 15 is 0 Å². The lowest BCUT2D eigenvalue weighted by molar-refractivity contribution is 0.0694. The lowest BCUT2D eigenvalue weighted by atomic mass is 10.2. The molecule has 0 aliphatic heterocycles. The molecule has 0 aliphatic carbocycles. The second kappa shape index (κ2) is 5.63. The minimum absolute atomic E-state index is 0.0384. The van der Waals surface area contributed by atoms with Crippen molar-refractivity contribution in [1.82, 2.24) is 0 Å². The van der Waals surface area contributed by atoms with Crippen LogP contribution in [0, 0.1) is 6.92 Å². The highest BCUT2D eigenvalue weighted by Crippen LogP contribution is 2.33. The molecule has 0 unspecified atom stereocenters. The zero-order valence-corrected chi connectivity index (χ0v) is 12.3. The quantitative estimate of drug-likeness (QED) is 0.863. The summed E-state index contributed by atoms with van der Waals surface area (Å²) >= 11 is 9.24. The zero-order valence-electron chi connectivity index (χ0n) is 9.98. The zero-order chi connectivity index (χ0) is 14.0. The van der Waals surface area contributed by atoms with Gasteiger partial charge in [-0.1, -0.05) is 39.7 Å². The van der Waals surface area contributed by atoms with Gasteiger partial charge in [-0.15, -0.1) is 0 Å². The van der Waals surface area contributed by atoms with Gasteiger partial charge in [0.1, 0.15) is 17.1 Å². The van der Waals surface area contributed by atoms with Crippen LogP contribution in [0.1, 0.15) is 15.9 Å². The van der Waals surface area contributed by atoms with E-state index in [0.29, 0.717) is 5.75 Å². The van der Waals surface area contributed by atoms with Crippen LogP contribution < -0.4 is 4.74 Å². The topological polar surface area (TPSA) is 46.5 Å². The van der Waals surface area contributed by atoms with Crippen molar-refractivity contribution in [1.29, 1.82) is 0 Å². The molecule has 2 aromatic rings. The van der Waals surface area contributed by atoms with E-state index in [4.69, 9.17) is 16.3 Å². The Kier molecular flexibility index (Phi) is 4.12. The van der Waals surface area contributed by atoms with E-state index in [0.717, 1.165) is 10.0 Å². The van der Waals surface area contributed by atoms with Crippen molar-refractivity contribution in [2.75, 3.05) is 0 Å². The minimum Gasteiger partial charge on any atom is -0.478 e. The maximum atomic E-state index is 11.2. The fourth-order valence-electron chi connectivity index (χ4n) is 1.60. The van der Waals surface area contributed by atoms with Crippen LogP contribution >= 0.6 is 27.5 Å². The number of aromatic carboxylic acids is 1. The average Bonchev–Trinajstić information content (AvgIpc) is 2.33. The van der Waals surface area contributed by atoms with Crippen molar-refractivity contribution in [3.05, 3.63) is 57.0 Å². The van der Waals surface area contributed by atoms with Crippen molar-refractivity contribution >= 4 is 33.5 Å². The molecule has 0 atom stereocenters. The normalized spacial score (nSPS) is 10.3. The van der Waals surface area contributed by atoms with Gasteiger partial charge in [-0.3, -0.25) is 0 Å². The number of carboxylic acids is 1. The standard InChI is InChI=1S/C14H10BrClO3/c1-8-5-6-9(15)7-12(8)19-11-4-2-3-10(16)13(11)14(17)18/h2-7H,1H3,(H,17,18). The van der Waals surface area contributed by atoms with Gasteiger partial charge in [0.2, 0.25) is 0 Å². The Morgan fingerprint density at radius 2 is 2.00 bits per heavy atom. The number of benzene rings is 2. The van der Waals surface area contributed by atoms with E-state index in [1.165, 1.54) is 6.07 Å². The molecule has 19 heavy (non-hydrogen) atoms. The molecule has 0 heterocycles. The molecule has 1 N–H and O–H groups in total. The van der Waals surface area contributed by atoms with Crippen LogP contribution in [0.4, 0.5) is 0 Å². The lowest BCUT2D eigenvalue weighted by Crippen LogP contribution is -2.01. The number of halogens is 2. The Balaban J connectivity index is 2.46. The molecule has 0 amide bonds. The van der Waals surface area contributed by atoms with Gasteiger partial charge in [0, 0.05) is 4.47 Å². The summed E-state index contributed by atoms with van der Waals surface area (Å²) in [5.41, 5.74) is 0.864. The molecule has 0 bridgehead atoms. The van der Waals surface area contributed by atoms with Crippen LogP contribution in [0.3, 0.4) is 0 Å². The summed E-state index contributed by atoms with van der Waals surface area (Å²) in [6, 6.07) is 10.3. The molecule has 0 aliphatic rings. The molecule has 0 fully saturated rings. The van der Waals surface area contributed by atoms with Gasteiger partial charge in [0.25, 0.3) is 0 Å². The lowest BCUT2D eigenvalue weighted by Gasteiger charge is -2.12. The molecule has 98 valence electrons. The largest absolute Gasteiger partial charge is 0.478 e. The number of carbonyl (C=O) groups is 1. The fourth-order valence-corrected chi connectivity index (χ4v) is 2.19. The number of rotatable bonds is 3. The van der Waals surface area contributed by atoms with Crippen LogP contribution in [0.5, 0.6) is 11.5 Å². The van der Waals surface area contributed by atoms with Gasteiger partial charge in [-0.25, -0.2) is 4.79 Å².